The first kappa shape index (κ1) is 26.1. The molecule has 36 heavy (non-hydrogen) atoms. The van der Waals surface area contributed by atoms with Gasteiger partial charge in [0.1, 0.15) is 5.82 Å². The zero-order valence-corrected chi connectivity index (χ0v) is 20.1. The Hall–Kier alpha value is -4.49. The molecule has 5 rings (SSSR count). The van der Waals surface area contributed by atoms with Gasteiger partial charge in [-0.25, -0.2) is 4.39 Å². The van der Waals surface area contributed by atoms with Crippen LogP contribution in [0.3, 0.4) is 0 Å². The highest BCUT2D eigenvalue weighted by molar-refractivity contribution is 5.42. The van der Waals surface area contributed by atoms with Gasteiger partial charge in [-0.2, -0.15) is 21.0 Å². The third-order valence-electron chi connectivity index (χ3n) is 6.46. The molecular formula is C30H26FN5. The number of rotatable bonds is 3. The highest BCUT2D eigenvalue weighted by atomic mass is 19.1. The van der Waals surface area contributed by atoms with Gasteiger partial charge in [0.15, 0.2) is 0 Å². The Labute approximate surface area is 211 Å². The Morgan fingerprint density at radius 3 is 1.33 bits per heavy atom. The van der Waals surface area contributed by atoms with Crippen molar-refractivity contribution in [2.45, 2.75) is 49.5 Å². The minimum atomic E-state index is -0.311. The molecule has 2 fully saturated rings. The van der Waals surface area contributed by atoms with Crippen LogP contribution in [0, 0.1) is 51.1 Å². The molecule has 5 nitrogen and oxygen atoms in total. The number of nitrogens with zero attached hydrogens (tertiary/aromatic N) is 4. The smallest absolute Gasteiger partial charge is 0.123 e. The van der Waals surface area contributed by atoms with Crippen LogP contribution >= 0.6 is 0 Å². The summed E-state index contributed by atoms with van der Waals surface area (Å²) in [6.07, 6.45) is 3.91. The third-order valence-corrected chi connectivity index (χ3v) is 6.46. The molecule has 3 aromatic carbocycles. The van der Waals surface area contributed by atoms with Crippen molar-refractivity contribution >= 4 is 0 Å². The summed E-state index contributed by atoms with van der Waals surface area (Å²) in [4.78, 5) is 0. The maximum absolute atomic E-state index is 12.1. The second-order valence-electron chi connectivity index (χ2n) is 9.11. The number of nitrogens with two attached hydrogens (primary N) is 1. The van der Waals surface area contributed by atoms with Gasteiger partial charge in [-0.15, -0.1) is 0 Å². The number of halogens is 1. The van der Waals surface area contributed by atoms with Gasteiger partial charge in [0.2, 0.25) is 0 Å². The summed E-state index contributed by atoms with van der Waals surface area (Å²) < 4.78 is 12.1. The topological polar surface area (TPSA) is 121 Å². The van der Waals surface area contributed by atoms with Crippen molar-refractivity contribution in [3.05, 3.63) is 106 Å². The van der Waals surface area contributed by atoms with Crippen molar-refractivity contribution in [1.82, 2.24) is 0 Å². The summed E-state index contributed by atoms with van der Waals surface area (Å²) in [5, 5.41) is 34.8. The van der Waals surface area contributed by atoms with E-state index in [1.54, 1.807) is 12.1 Å². The quantitative estimate of drug-likeness (QED) is 0.492. The molecule has 0 saturated heterocycles. The van der Waals surface area contributed by atoms with Gasteiger partial charge in [-0.1, -0.05) is 36.4 Å². The maximum Gasteiger partial charge on any atom is 0.123 e. The SMILES string of the molecule is CC(N)c1ccc(C2(C#N)CC2)cc1.N#Cc1ccc(C2(C#N)CC2)cc1.N#Cc1ccc(F)cc1. The Bertz CT molecular complexity index is 1340. The van der Waals surface area contributed by atoms with Crippen molar-refractivity contribution < 1.29 is 4.39 Å². The van der Waals surface area contributed by atoms with Gasteiger partial charge < -0.3 is 5.73 Å². The van der Waals surface area contributed by atoms with Gasteiger partial charge in [-0.3, -0.25) is 0 Å². The Morgan fingerprint density at radius 1 is 0.667 bits per heavy atom. The van der Waals surface area contributed by atoms with Crippen LogP contribution in [-0.4, -0.2) is 0 Å². The maximum atomic E-state index is 12.1. The van der Waals surface area contributed by atoms with Gasteiger partial charge in [0, 0.05) is 6.04 Å². The fraction of sp³-hybridized carbons (Fsp3) is 0.267. The molecule has 2 saturated carbocycles. The van der Waals surface area contributed by atoms with Crippen molar-refractivity contribution in [1.29, 1.82) is 21.0 Å². The van der Waals surface area contributed by atoms with E-state index in [1.807, 2.05) is 49.4 Å². The lowest BCUT2D eigenvalue weighted by molar-refractivity contribution is 0.627. The molecular weight excluding hydrogens is 449 g/mol. The van der Waals surface area contributed by atoms with E-state index in [1.165, 1.54) is 24.3 Å². The summed E-state index contributed by atoms with van der Waals surface area (Å²) >= 11 is 0. The fourth-order valence-corrected chi connectivity index (χ4v) is 3.67. The zero-order chi connectivity index (χ0) is 26.2. The first-order valence-electron chi connectivity index (χ1n) is 11.7. The molecule has 0 aromatic heterocycles. The van der Waals surface area contributed by atoms with E-state index in [0.717, 1.165) is 42.4 Å². The van der Waals surface area contributed by atoms with Crippen LogP contribution in [0.4, 0.5) is 4.39 Å². The van der Waals surface area contributed by atoms with Crippen molar-refractivity contribution in [2.24, 2.45) is 5.73 Å². The van der Waals surface area contributed by atoms with E-state index in [2.05, 4.69) is 18.2 Å². The zero-order valence-electron chi connectivity index (χ0n) is 20.1. The lowest BCUT2D eigenvalue weighted by Crippen LogP contribution is -2.06. The molecule has 6 heteroatoms. The summed E-state index contributed by atoms with van der Waals surface area (Å²) in [6.45, 7) is 1.96. The molecule has 0 radical (unpaired) electrons. The van der Waals surface area contributed by atoms with Crippen LogP contribution in [0.2, 0.25) is 0 Å². The number of nitriles is 4. The molecule has 0 heterocycles. The first-order valence-corrected chi connectivity index (χ1v) is 11.7. The van der Waals surface area contributed by atoms with Crippen LogP contribution in [0.5, 0.6) is 0 Å². The number of hydrogen-bond donors (Lipinski definition) is 1. The highest BCUT2D eigenvalue weighted by Crippen LogP contribution is 2.48. The van der Waals surface area contributed by atoms with E-state index in [4.69, 9.17) is 26.8 Å². The summed E-state index contributed by atoms with van der Waals surface area (Å²) in [5.74, 6) is -0.311. The first-order chi connectivity index (χ1) is 17.3. The molecule has 3 aromatic rings. The Balaban J connectivity index is 0.000000154. The second kappa shape index (κ2) is 11.3. The van der Waals surface area contributed by atoms with Crippen LogP contribution in [0.1, 0.15) is 66.5 Å². The molecule has 178 valence electrons. The van der Waals surface area contributed by atoms with E-state index in [0.29, 0.717) is 11.1 Å². The number of benzene rings is 3. The molecule has 2 aliphatic rings. The van der Waals surface area contributed by atoms with Crippen LogP contribution < -0.4 is 5.73 Å². The molecule has 2 N–H and O–H groups in total. The third kappa shape index (κ3) is 6.34. The molecule has 0 aliphatic heterocycles. The van der Waals surface area contributed by atoms with E-state index in [9.17, 15) is 4.39 Å². The second-order valence-corrected chi connectivity index (χ2v) is 9.11. The summed E-state index contributed by atoms with van der Waals surface area (Å²) in [5.41, 5.74) is 9.81. The predicted molar refractivity (Wildman–Crippen MR) is 134 cm³/mol. The van der Waals surface area contributed by atoms with Crippen LogP contribution in [0.25, 0.3) is 0 Å². The molecule has 0 spiro atoms. The highest BCUT2D eigenvalue weighted by Gasteiger charge is 2.45. The Morgan fingerprint density at radius 2 is 1.03 bits per heavy atom. The predicted octanol–water partition coefficient (Wildman–Crippen LogP) is 6.07. The summed E-state index contributed by atoms with van der Waals surface area (Å²) in [7, 11) is 0. The molecule has 1 unspecified atom stereocenters. The fourth-order valence-electron chi connectivity index (χ4n) is 3.67. The molecule has 0 amide bonds. The van der Waals surface area contributed by atoms with Crippen LogP contribution in [-0.2, 0) is 10.8 Å². The van der Waals surface area contributed by atoms with Crippen molar-refractivity contribution in [3.8, 4) is 24.3 Å². The van der Waals surface area contributed by atoms with Gasteiger partial charge in [-0.05, 0) is 85.7 Å². The average molecular weight is 476 g/mol. The van der Waals surface area contributed by atoms with Gasteiger partial charge in [0.05, 0.1) is 46.2 Å². The lowest BCUT2D eigenvalue weighted by Gasteiger charge is -2.09. The average Bonchev–Trinajstić information content (AvgIpc) is 3.85. The van der Waals surface area contributed by atoms with Gasteiger partial charge >= 0.3 is 0 Å². The van der Waals surface area contributed by atoms with Gasteiger partial charge in [0.25, 0.3) is 0 Å². The standard InChI is InChI=1S/C12H14N2.C11H8N2.C7H4FN/c1-9(14)10-2-4-11(5-3-10)12(8-13)6-7-12;12-7-9-1-3-10(4-2-9)11(8-13)5-6-11;8-7-3-1-6(5-9)2-4-7/h2-5,9H,6-7,14H2,1H3;1-4H,5-6H2;1-4H. The largest absolute Gasteiger partial charge is 0.324 e. The number of hydrogen-bond acceptors (Lipinski definition) is 5. The Kier molecular flexibility index (Phi) is 8.19. The van der Waals surface area contributed by atoms with E-state index >= 15 is 0 Å². The van der Waals surface area contributed by atoms with E-state index < -0.39 is 0 Å². The monoisotopic (exact) mass is 475 g/mol. The lowest BCUT2D eigenvalue weighted by atomic mass is 9.95. The minimum absolute atomic E-state index is 0.0706. The minimum Gasteiger partial charge on any atom is -0.324 e. The molecule has 2 aliphatic carbocycles. The van der Waals surface area contributed by atoms with Crippen LogP contribution in [0.15, 0.2) is 72.8 Å². The van der Waals surface area contributed by atoms with Crippen molar-refractivity contribution in [2.75, 3.05) is 0 Å². The van der Waals surface area contributed by atoms with E-state index in [-0.39, 0.29) is 22.7 Å². The van der Waals surface area contributed by atoms with Crippen molar-refractivity contribution in [3.63, 3.8) is 0 Å². The molecule has 0 bridgehead atoms. The summed E-state index contributed by atoms with van der Waals surface area (Å²) in [6, 6.07) is 29.6. The molecule has 1 atom stereocenters. The normalized spacial score (nSPS) is 16.0.